The quantitative estimate of drug-likeness (QED) is 0.938. The molecule has 21 heavy (non-hydrogen) atoms. The molecule has 0 bridgehead atoms. The Morgan fingerprint density at radius 2 is 2.19 bits per heavy atom. The van der Waals surface area contributed by atoms with Gasteiger partial charge in [-0.05, 0) is 31.2 Å². The molecule has 0 radical (unpaired) electrons. The summed E-state index contributed by atoms with van der Waals surface area (Å²) in [6.07, 6.45) is 5.97. The van der Waals surface area contributed by atoms with Crippen LogP contribution < -0.4 is 5.32 Å². The minimum Gasteiger partial charge on any atom is -0.321 e. The van der Waals surface area contributed by atoms with Gasteiger partial charge in [-0.1, -0.05) is 30.3 Å². The first-order chi connectivity index (χ1) is 10.3. The second-order valence-corrected chi connectivity index (χ2v) is 6.19. The molecular weight excluding hydrogens is 282 g/mol. The molecule has 1 aromatic heterocycles. The SMILES string of the molecule is O=C(Nc1nccs1)N1CCCC[C@H]1Cc1ccccc1. The summed E-state index contributed by atoms with van der Waals surface area (Å²) >= 11 is 1.45. The maximum absolute atomic E-state index is 12.4. The molecule has 1 aliphatic rings. The number of piperidine rings is 1. The molecule has 1 saturated heterocycles. The van der Waals surface area contributed by atoms with Crippen molar-refractivity contribution in [3.8, 4) is 0 Å². The highest BCUT2D eigenvalue weighted by molar-refractivity contribution is 7.13. The fourth-order valence-corrected chi connectivity index (χ4v) is 3.33. The topological polar surface area (TPSA) is 45.2 Å². The van der Waals surface area contributed by atoms with Gasteiger partial charge < -0.3 is 4.90 Å². The summed E-state index contributed by atoms with van der Waals surface area (Å²) in [5.41, 5.74) is 1.29. The van der Waals surface area contributed by atoms with Gasteiger partial charge in [-0.25, -0.2) is 9.78 Å². The van der Waals surface area contributed by atoms with Crippen molar-refractivity contribution in [1.29, 1.82) is 0 Å². The zero-order chi connectivity index (χ0) is 14.5. The summed E-state index contributed by atoms with van der Waals surface area (Å²) in [5.74, 6) is 0. The van der Waals surface area contributed by atoms with Crippen LogP contribution in [-0.2, 0) is 6.42 Å². The van der Waals surface area contributed by atoms with E-state index in [1.807, 2.05) is 16.3 Å². The average Bonchev–Trinajstić information content (AvgIpc) is 3.02. The normalized spacial score (nSPS) is 18.5. The molecule has 3 rings (SSSR count). The van der Waals surface area contributed by atoms with Crippen molar-refractivity contribution in [3.63, 3.8) is 0 Å². The van der Waals surface area contributed by atoms with Crippen LogP contribution in [0.5, 0.6) is 0 Å². The molecule has 0 aliphatic carbocycles. The molecule has 1 atom stereocenters. The Bertz CT molecular complexity index is 570. The lowest BCUT2D eigenvalue weighted by atomic mass is 9.96. The lowest BCUT2D eigenvalue weighted by molar-refractivity contribution is 0.162. The minimum absolute atomic E-state index is 0.0226. The van der Waals surface area contributed by atoms with Crippen LogP contribution in [0, 0.1) is 0 Å². The van der Waals surface area contributed by atoms with E-state index in [4.69, 9.17) is 0 Å². The second kappa shape index (κ2) is 6.72. The molecule has 2 heterocycles. The van der Waals surface area contributed by atoms with Crippen LogP contribution in [0.25, 0.3) is 0 Å². The Balaban J connectivity index is 1.67. The van der Waals surface area contributed by atoms with Crippen molar-refractivity contribution >= 4 is 22.5 Å². The van der Waals surface area contributed by atoms with Gasteiger partial charge in [-0.15, -0.1) is 11.3 Å². The van der Waals surface area contributed by atoms with Crippen molar-refractivity contribution in [3.05, 3.63) is 47.5 Å². The van der Waals surface area contributed by atoms with E-state index < -0.39 is 0 Å². The average molecular weight is 301 g/mol. The Kier molecular flexibility index (Phi) is 4.50. The van der Waals surface area contributed by atoms with Crippen LogP contribution in [0.2, 0.25) is 0 Å². The lowest BCUT2D eigenvalue weighted by Gasteiger charge is -2.35. The van der Waals surface area contributed by atoms with Gasteiger partial charge in [0.25, 0.3) is 0 Å². The van der Waals surface area contributed by atoms with Crippen LogP contribution >= 0.6 is 11.3 Å². The predicted octanol–water partition coefficient (Wildman–Crippen LogP) is 3.77. The highest BCUT2D eigenvalue weighted by atomic mass is 32.1. The highest BCUT2D eigenvalue weighted by Crippen LogP contribution is 2.22. The van der Waals surface area contributed by atoms with Crippen LogP contribution in [0.4, 0.5) is 9.93 Å². The van der Waals surface area contributed by atoms with Crippen molar-refractivity contribution in [2.45, 2.75) is 31.7 Å². The molecule has 2 amide bonds. The molecule has 0 unspecified atom stereocenters. The Morgan fingerprint density at radius 3 is 2.95 bits per heavy atom. The van der Waals surface area contributed by atoms with Crippen molar-refractivity contribution in [2.75, 3.05) is 11.9 Å². The van der Waals surface area contributed by atoms with E-state index in [1.54, 1.807) is 6.20 Å². The summed E-state index contributed by atoms with van der Waals surface area (Å²) in [6, 6.07) is 10.6. The molecule has 1 aliphatic heterocycles. The Hall–Kier alpha value is -1.88. The van der Waals surface area contributed by atoms with Crippen molar-refractivity contribution < 1.29 is 4.79 Å². The third-order valence-electron chi connectivity index (χ3n) is 3.85. The number of aromatic nitrogens is 1. The molecule has 4 nitrogen and oxygen atoms in total. The fourth-order valence-electron chi connectivity index (χ4n) is 2.81. The largest absolute Gasteiger partial charge is 0.323 e. The van der Waals surface area contributed by atoms with Gasteiger partial charge in [0.1, 0.15) is 0 Å². The first kappa shape index (κ1) is 14.1. The first-order valence-electron chi connectivity index (χ1n) is 7.34. The number of hydrogen-bond donors (Lipinski definition) is 1. The number of hydrogen-bond acceptors (Lipinski definition) is 3. The van der Waals surface area contributed by atoms with Gasteiger partial charge in [0.15, 0.2) is 5.13 Å². The number of benzene rings is 1. The number of urea groups is 1. The molecular formula is C16H19N3OS. The smallest absolute Gasteiger partial charge is 0.321 e. The van der Waals surface area contributed by atoms with Gasteiger partial charge in [0.05, 0.1) is 0 Å². The Morgan fingerprint density at radius 1 is 1.33 bits per heavy atom. The van der Waals surface area contributed by atoms with E-state index in [0.29, 0.717) is 5.13 Å². The Labute approximate surface area is 128 Å². The predicted molar refractivity (Wildman–Crippen MR) is 85.6 cm³/mol. The number of nitrogens with one attached hydrogen (secondary N) is 1. The van der Waals surface area contributed by atoms with E-state index in [-0.39, 0.29) is 12.1 Å². The van der Waals surface area contributed by atoms with E-state index in [0.717, 1.165) is 25.8 Å². The van der Waals surface area contributed by atoms with Crippen molar-refractivity contribution in [1.82, 2.24) is 9.88 Å². The van der Waals surface area contributed by atoms with E-state index in [2.05, 4.69) is 34.6 Å². The molecule has 1 fully saturated rings. The van der Waals surface area contributed by atoms with Gasteiger partial charge >= 0.3 is 6.03 Å². The van der Waals surface area contributed by atoms with Crippen LogP contribution in [0.15, 0.2) is 41.9 Å². The molecule has 2 aromatic rings. The maximum Gasteiger partial charge on any atom is 0.323 e. The van der Waals surface area contributed by atoms with Crippen LogP contribution in [-0.4, -0.2) is 28.5 Å². The number of anilines is 1. The van der Waals surface area contributed by atoms with Gasteiger partial charge in [-0.3, -0.25) is 5.32 Å². The number of carbonyl (C=O) groups excluding carboxylic acids is 1. The van der Waals surface area contributed by atoms with Crippen LogP contribution in [0.3, 0.4) is 0 Å². The molecule has 0 spiro atoms. The van der Waals surface area contributed by atoms with E-state index in [1.165, 1.54) is 23.3 Å². The van der Waals surface area contributed by atoms with Gasteiger partial charge in [0.2, 0.25) is 0 Å². The number of carbonyl (C=O) groups is 1. The van der Waals surface area contributed by atoms with Gasteiger partial charge in [0, 0.05) is 24.2 Å². The molecule has 5 heteroatoms. The fraction of sp³-hybridized carbons (Fsp3) is 0.375. The molecule has 110 valence electrons. The first-order valence-corrected chi connectivity index (χ1v) is 8.22. The second-order valence-electron chi connectivity index (χ2n) is 5.30. The molecule has 0 saturated carbocycles. The number of nitrogens with zero attached hydrogens (tertiary/aromatic N) is 2. The summed E-state index contributed by atoms with van der Waals surface area (Å²) in [7, 11) is 0. The number of rotatable bonds is 3. The number of thiazole rings is 1. The monoisotopic (exact) mass is 301 g/mol. The molecule has 1 N–H and O–H groups in total. The zero-order valence-electron chi connectivity index (χ0n) is 11.9. The van der Waals surface area contributed by atoms with E-state index in [9.17, 15) is 4.79 Å². The maximum atomic E-state index is 12.4. The van der Waals surface area contributed by atoms with Crippen molar-refractivity contribution in [2.24, 2.45) is 0 Å². The van der Waals surface area contributed by atoms with Crippen LogP contribution in [0.1, 0.15) is 24.8 Å². The number of likely N-dealkylation sites (tertiary alicyclic amines) is 1. The standard InChI is InChI=1S/C16H19N3OS/c20-16(18-15-17-9-11-21-15)19-10-5-4-8-14(19)12-13-6-2-1-3-7-13/h1-3,6-7,9,11,14H,4-5,8,10,12H2,(H,17,18,20)/t14-/m0/s1. The summed E-state index contributed by atoms with van der Waals surface area (Å²) in [5, 5.41) is 5.44. The minimum atomic E-state index is -0.0226. The summed E-state index contributed by atoms with van der Waals surface area (Å²) in [4.78, 5) is 18.5. The number of amides is 2. The highest BCUT2D eigenvalue weighted by Gasteiger charge is 2.27. The zero-order valence-corrected chi connectivity index (χ0v) is 12.7. The third-order valence-corrected chi connectivity index (χ3v) is 4.54. The summed E-state index contributed by atoms with van der Waals surface area (Å²) in [6.45, 7) is 0.828. The van der Waals surface area contributed by atoms with E-state index >= 15 is 0 Å². The molecule has 1 aromatic carbocycles. The third kappa shape index (κ3) is 3.61. The van der Waals surface area contributed by atoms with Gasteiger partial charge in [-0.2, -0.15) is 0 Å². The summed E-state index contributed by atoms with van der Waals surface area (Å²) < 4.78 is 0. The lowest BCUT2D eigenvalue weighted by Crippen LogP contribution is -2.46.